The average molecular weight is 407 g/mol. The second-order valence-electron chi connectivity index (χ2n) is 5.82. The van der Waals surface area contributed by atoms with Gasteiger partial charge in [-0.15, -0.1) is 0 Å². The summed E-state index contributed by atoms with van der Waals surface area (Å²) in [5, 5.41) is 5.92. The van der Waals surface area contributed by atoms with E-state index in [9.17, 15) is 9.59 Å². The van der Waals surface area contributed by atoms with Crippen LogP contribution in [0.5, 0.6) is 17.2 Å². The van der Waals surface area contributed by atoms with Gasteiger partial charge in [-0.2, -0.15) is 0 Å². The molecule has 7 nitrogen and oxygen atoms in total. The number of carbonyl (C=O) groups is 2. The van der Waals surface area contributed by atoms with Crippen LogP contribution in [0.25, 0.3) is 0 Å². The highest BCUT2D eigenvalue weighted by Gasteiger charge is 2.13. The van der Waals surface area contributed by atoms with E-state index in [1.54, 1.807) is 44.6 Å². The third kappa shape index (κ3) is 5.79. The van der Waals surface area contributed by atoms with E-state index < -0.39 is 0 Å². The van der Waals surface area contributed by atoms with Gasteiger partial charge in [-0.25, -0.2) is 0 Å². The van der Waals surface area contributed by atoms with E-state index in [0.29, 0.717) is 34.4 Å². The van der Waals surface area contributed by atoms with Gasteiger partial charge in [-0.05, 0) is 35.9 Å². The van der Waals surface area contributed by atoms with Crippen molar-refractivity contribution in [2.75, 3.05) is 34.4 Å². The van der Waals surface area contributed by atoms with Crippen LogP contribution in [0, 0.1) is 0 Å². The van der Waals surface area contributed by atoms with E-state index in [1.165, 1.54) is 13.2 Å². The molecular formula is C20H23ClN2O5. The van der Waals surface area contributed by atoms with Crippen molar-refractivity contribution >= 4 is 23.4 Å². The summed E-state index contributed by atoms with van der Waals surface area (Å²) in [5.74, 6) is 1.11. The normalized spacial score (nSPS) is 10.1. The van der Waals surface area contributed by atoms with Gasteiger partial charge in [-0.3, -0.25) is 9.59 Å². The lowest BCUT2D eigenvalue weighted by Gasteiger charge is -2.11. The molecule has 2 aromatic rings. The van der Waals surface area contributed by atoms with Crippen molar-refractivity contribution < 1.29 is 23.8 Å². The lowest BCUT2D eigenvalue weighted by atomic mass is 10.1. The van der Waals surface area contributed by atoms with Crippen molar-refractivity contribution in [2.24, 2.45) is 0 Å². The van der Waals surface area contributed by atoms with Crippen LogP contribution in [-0.4, -0.2) is 46.2 Å². The lowest BCUT2D eigenvalue weighted by Crippen LogP contribution is -2.35. The number of ether oxygens (including phenoxy) is 3. The molecule has 28 heavy (non-hydrogen) atoms. The Hall–Kier alpha value is -2.93. The molecule has 2 rings (SSSR count). The molecule has 8 heteroatoms. The highest BCUT2D eigenvalue weighted by Crippen LogP contribution is 2.27. The Morgan fingerprint density at radius 2 is 1.50 bits per heavy atom. The maximum Gasteiger partial charge on any atom is 0.255 e. The summed E-state index contributed by atoms with van der Waals surface area (Å²) in [6.07, 6.45) is 0.191. The molecule has 0 unspecified atom stereocenters. The Kier molecular flexibility index (Phi) is 7.95. The smallest absolute Gasteiger partial charge is 0.255 e. The summed E-state index contributed by atoms with van der Waals surface area (Å²) < 4.78 is 15.6. The van der Waals surface area contributed by atoms with Gasteiger partial charge in [0.1, 0.15) is 5.75 Å². The Labute approximate surface area is 168 Å². The molecular weight excluding hydrogens is 384 g/mol. The Balaban J connectivity index is 1.81. The molecule has 0 aliphatic heterocycles. The third-order valence-electron chi connectivity index (χ3n) is 3.95. The highest BCUT2D eigenvalue weighted by molar-refractivity contribution is 6.31. The minimum Gasteiger partial charge on any atom is -0.496 e. The standard InChI is InChI=1S/C20H23ClN2O5/c1-26-16-7-5-14(21)12-15(16)20(25)23-9-8-22-19(24)11-13-4-6-17(27-2)18(10-13)28-3/h4-7,10,12H,8-9,11H2,1-3H3,(H,22,24)(H,23,25). The van der Waals surface area contributed by atoms with Crippen LogP contribution in [0.4, 0.5) is 0 Å². The molecule has 0 atom stereocenters. The Bertz CT molecular complexity index is 841. The maximum atomic E-state index is 12.3. The van der Waals surface area contributed by atoms with Gasteiger partial charge in [0, 0.05) is 18.1 Å². The Morgan fingerprint density at radius 3 is 2.18 bits per heavy atom. The van der Waals surface area contributed by atoms with Crippen LogP contribution in [0.3, 0.4) is 0 Å². The fraction of sp³-hybridized carbons (Fsp3) is 0.300. The zero-order valence-corrected chi connectivity index (χ0v) is 16.8. The minimum atomic E-state index is -0.325. The molecule has 2 aromatic carbocycles. The average Bonchev–Trinajstić information content (AvgIpc) is 2.70. The molecule has 0 saturated heterocycles. The van der Waals surface area contributed by atoms with Crippen molar-refractivity contribution in [1.82, 2.24) is 10.6 Å². The summed E-state index contributed by atoms with van der Waals surface area (Å²) in [4.78, 5) is 24.3. The summed E-state index contributed by atoms with van der Waals surface area (Å²) >= 11 is 5.93. The summed E-state index contributed by atoms with van der Waals surface area (Å²) in [5.41, 5.74) is 1.13. The first-order valence-corrected chi connectivity index (χ1v) is 8.95. The van der Waals surface area contributed by atoms with Crippen LogP contribution in [-0.2, 0) is 11.2 Å². The van der Waals surface area contributed by atoms with E-state index in [1.807, 2.05) is 0 Å². The van der Waals surface area contributed by atoms with Gasteiger partial charge >= 0.3 is 0 Å². The fourth-order valence-corrected chi connectivity index (χ4v) is 2.74. The first-order valence-electron chi connectivity index (χ1n) is 8.57. The van der Waals surface area contributed by atoms with E-state index in [-0.39, 0.29) is 24.8 Å². The van der Waals surface area contributed by atoms with Crippen molar-refractivity contribution in [3.63, 3.8) is 0 Å². The van der Waals surface area contributed by atoms with Gasteiger partial charge in [-0.1, -0.05) is 17.7 Å². The molecule has 0 radical (unpaired) electrons. The van der Waals surface area contributed by atoms with E-state index >= 15 is 0 Å². The van der Waals surface area contributed by atoms with Crippen LogP contribution >= 0.6 is 11.6 Å². The number of rotatable bonds is 9. The first-order chi connectivity index (χ1) is 13.5. The molecule has 150 valence electrons. The number of hydrogen-bond donors (Lipinski definition) is 2. The monoisotopic (exact) mass is 406 g/mol. The van der Waals surface area contributed by atoms with Gasteiger partial charge in [0.25, 0.3) is 5.91 Å². The van der Waals surface area contributed by atoms with Crippen LogP contribution in [0.1, 0.15) is 15.9 Å². The Morgan fingerprint density at radius 1 is 0.857 bits per heavy atom. The second-order valence-corrected chi connectivity index (χ2v) is 6.25. The molecule has 0 heterocycles. The SMILES string of the molecule is COc1ccc(CC(=O)NCCNC(=O)c2cc(Cl)ccc2OC)cc1OC. The first kappa shape index (κ1) is 21.4. The minimum absolute atomic E-state index is 0.165. The van der Waals surface area contributed by atoms with Gasteiger partial charge < -0.3 is 24.8 Å². The number of amides is 2. The van der Waals surface area contributed by atoms with Crippen LogP contribution < -0.4 is 24.8 Å². The summed E-state index contributed by atoms with van der Waals surface area (Å²) in [7, 11) is 4.57. The highest BCUT2D eigenvalue weighted by atomic mass is 35.5. The van der Waals surface area contributed by atoms with Gasteiger partial charge in [0.2, 0.25) is 5.91 Å². The molecule has 0 aliphatic carbocycles. The number of hydrogen-bond acceptors (Lipinski definition) is 5. The molecule has 0 fully saturated rings. The predicted molar refractivity (Wildman–Crippen MR) is 107 cm³/mol. The van der Waals surface area contributed by atoms with Crippen molar-refractivity contribution in [2.45, 2.75) is 6.42 Å². The fourth-order valence-electron chi connectivity index (χ4n) is 2.57. The number of nitrogens with one attached hydrogen (secondary N) is 2. The second kappa shape index (κ2) is 10.4. The number of benzene rings is 2. The van der Waals surface area contributed by atoms with E-state index in [2.05, 4.69) is 10.6 Å². The molecule has 0 saturated carbocycles. The molecule has 0 aliphatic rings. The largest absolute Gasteiger partial charge is 0.496 e. The number of methoxy groups -OCH3 is 3. The van der Waals surface area contributed by atoms with E-state index in [4.69, 9.17) is 25.8 Å². The summed E-state index contributed by atoms with van der Waals surface area (Å²) in [6, 6.07) is 10.1. The van der Waals surface area contributed by atoms with Crippen molar-refractivity contribution in [3.05, 3.63) is 52.5 Å². The molecule has 2 N–H and O–H groups in total. The topological polar surface area (TPSA) is 85.9 Å². The van der Waals surface area contributed by atoms with Gasteiger partial charge in [0.05, 0.1) is 33.3 Å². The van der Waals surface area contributed by atoms with Crippen LogP contribution in [0.15, 0.2) is 36.4 Å². The molecule has 0 spiro atoms. The zero-order chi connectivity index (χ0) is 20.5. The zero-order valence-electron chi connectivity index (χ0n) is 16.0. The van der Waals surface area contributed by atoms with Crippen LogP contribution in [0.2, 0.25) is 5.02 Å². The number of halogens is 1. The third-order valence-corrected chi connectivity index (χ3v) is 4.19. The lowest BCUT2D eigenvalue weighted by molar-refractivity contribution is -0.120. The molecule has 0 bridgehead atoms. The van der Waals surface area contributed by atoms with Gasteiger partial charge in [0.15, 0.2) is 11.5 Å². The molecule has 0 aromatic heterocycles. The maximum absolute atomic E-state index is 12.3. The predicted octanol–water partition coefficient (Wildman–Crippen LogP) is 2.45. The summed E-state index contributed by atoms with van der Waals surface area (Å²) in [6.45, 7) is 0.562. The number of carbonyl (C=O) groups excluding carboxylic acids is 2. The quantitative estimate of drug-likeness (QED) is 0.625. The van der Waals surface area contributed by atoms with Crippen molar-refractivity contribution in [3.8, 4) is 17.2 Å². The van der Waals surface area contributed by atoms with E-state index in [0.717, 1.165) is 5.56 Å². The van der Waals surface area contributed by atoms with Crippen molar-refractivity contribution in [1.29, 1.82) is 0 Å². The molecule has 2 amide bonds.